The number of methoxy groups -OCH3 is 1. The zero-order valence-electron chi connectivity index (χ0n) is 16.8. The summed E-state index contributed by atoms with van der Waals surface area (Å²) in [5.74, 6) is 1.45. The van der Waals surface area contributed by atoms with Crippen LogP contribution in [0, 0.1) is 0 Å². The van der Waals surface area contributed by atoms with Crippen molar-refractivity contribution in [2.24, 2.45) is 11.5 Å². The first-order valence-electron chi connectivity index (χ1n) is 9.83. The second kappa shape index (κ2) is 8.56. The van der Waals surface area contributed by atoms with Crippen LogP contribution in [-0.4, -0.2) is 51.4 Å². The number of ether oxygens (including phenoxy) is 1. The highest BCUT2D eigenvalue weighted by Gasteiger charge is 2.30. The quantitative estimate of drug-likeness (QED) is 0.482. The Morgan fingerprint density at radius 3 is 3.03 bits per heavy atom. The number of aromatic nitrogens is 3. The molecule has 0 spiro atoms. The van der Waals surface area contributed by atoms with Crippen molar-refractivity contribution in [3.63, 3.8) is 0 Å². The zero-order chi connectivity index (χ0) is 21.1. The molecule has 0 aliphatic carbocycles. The summed E-state index contributed by atoms with van der Waals surface area (Å²) in [6.07, 6.45) is 4.83. The average molecular weight is 410 g/mol. The predicted molar refractivity (Wildman–Crippen MR) is 113 cm³/mol. The van der Waals surface area contributed by atoms with Gasteiger partial charge in [-0.1, -0.05) is 6.07 Å². The molecule has 30 heavy (non-hydrogen) atoms. The van der Waals surface area contributed by atoms with E-state index in [4.69, 9.17) is 16.2 Å². The SMILES string of the molecule is COc1cccc(Nc2ncnn3ccc(CN4CCC[C@@H](NC(N)=O)C4N)c23)c1. The number of carbonyl (C=O) groups is 1. The van der Waals surface area contributed by atoms with E-state index in [-0.39, 0.29) is 12.2 Å². The van der Waals surface area contributed by atoms with Crippen molar-refractivity contribution in [3.05, 3.63) is 48.4 Å². The maximum atomic E-state index is 11.3. The normalized spacial score (nSPS) is 19.5. The Morgan fingerprint density at radius 1 is 1.37 bits per heavy atom. The summed E-state index contributed by atoms with van der Waals surface area (Å²) in [7, 11) is 1.63. The summed E-state index contributed by atoms with van der Waals surface area (Å²) >= 11 is 0. The third kappa shape index (κ3) is 4.14. The van der Waals surface area contributed by atoms with E-state index >= 15 is 0 Å². The van der Waals surface area contributed by atoms with Crippen LogP contribution in [0.15, 0.2) is 42.9 Å². The minimum atomic E-state index is -0.551. The first-order chi connectivity index (χ1) is 14.5. The van der Waals surface area contributed by atoms with Crippen molar-refractivity contribution in [1.29, 1.82) is 0 Å². The number of nitrogens with one attached hydrogen (secondary N) is 2. The van der Waals surface area contributed by atoms with Crippen LogP contribution in [0.25, 0.3) is 5.52 Å². The highest BCUT2D eigenvalue weighted by Crippen LogP contribution is 2.27. The number of anilines is 2. The van der Waals surface area contributed by atoms with Crippen molar-refractivity contribution < 1.29 is 9.53 Å². The Morgan fingerprint density at radius 2 is 2.23 bits per heavy atom. The molecule has 1 aliphatic heterocycles. The number of hydrogen-bond acceptors (Lipinski definition) is 7. The van der Waals surface area contributed by atoms with Crippen LogP contribution < -0.4 is 26.8 Å². The fourth-order valence-electron chi connectivity index (χ4n) is 3.91. The molecule has 10 heteroatoms. The van der Waals surface area contributed by atoms with E-state index < -0.39 is 6.03 Å². The number of rotatable bonds is 6. The second-order valence-corrected chi connectivity index (χ2v) is 7.32. The molecule has 2 aromatic heterocycles. The standard InChI is InChI=1S/C20H26N8O2/c1-30-15-5-2-4-14(10-15)25-19-17-13(7-9-28(17)24-12-23-19)11-27-8-3-6-16(18(27)21)26-20(22)29/h2,4-5,7,9-10,12,16,18H,3,6,8,11,21H2,1H3,(H3,22,26,29)(H,23,24,25)/t16-,18?/m1/s1. The van der Waals surface area contributed by atoms with Crippen LogP contribution in [0.1, 0.15) is 18.4 Å². The Kier molecular flexibility index (Phi) is 5.68. The molecule has 3 heterocycles. The lowest BCUT2D eigenvalue weighted by Gasteiger charge is -2.39. The molecule has 1 aliphatic rings. The fraction of sp³-hybridized carbons (Fsp3) is 0.350. The maximum Gasteiger partial charge on any atom is 0.312 e. The largest absolute Gasteiger partial charge is 0.497 e. The maximum absolute atomic E-state index is 11.3. The number of nitrogens with two attached hydrogens (primary N) is 2. The molecular weight excluding hydrogens is 384 g/mol. The minimum Gasteiger partial charge on any atom is -0.497 e. The third-order valence-electron chi connectivity index (χ3n) is 5.37. The number of likely N-dealkylation sites (tertiary alicyclic amines) is 1. The Bertz CT molecular complexity index is 1040. The van der Waals surface area contributed by atoms with Gasteiger partial charge in [0, 0.05) is 31.0 Å². The predicted octanol–water partition coefficient (Wildman–Crippen LogP) is 1.40. The van der Waals surface area contributed by atoms with Gasteiger partial charge in [-0.15, -0.1) is 0 Å². The molecule has 2 amide bonds. The van der Waals surface area contributed by atoms with Gasteiger partial charge < -0.3 is 26.8 Å². The van der Waals surface area contributed by atoms with Gasteiger partial charge in [0.05, 0.1) is 19.3 Å². The van der Waals surface area contributed by atoms with Crippen molar-refractivity contribution in [2.75, 3.05) is 19.0 Å². The lowest BCUT2D eigenvalue weighted by molar-refractivity contribution is 0.112. The van der Waals surface area contributed by atoms with E-state index in [1.165, 1.54) is 6.33 Å². The van der Waals surface area contributed by atoms with E-state index in [1.54, 1.807) is 11.6 Å². The van der Waals surface area contributed by atoms with Gasteiger partial charge >= 0.3 is 6.03 Å². The molecule has 4 rings (SSSR count). The van der Waals surface area contributed by atoms with E-state index in [1.807, 2.05) is 36.5 Å². The molecule has 0 bridgehead atoms. The molecule has 1 saturated heterocycles. The van der Waals surface area contributed by atoms with E-state index in [0.717, 1.165) is 41.9 Å². The van der Waals surface area contributed by atoms with Crippen LogP contribution >= 0.6 is 0 Å². The van der Waals surface area contributed by atoms with E-state index in [9.17, 15) is 4.79 Å². The summed E-state index contributed by atoms with van der Waals surface area (Å²) in [6, 6.07) is 8.94. The summed E-state index contributed by atoms with van der Waals surface area (Å²) in [6.45, 7) is 1.44. The van der Waals surface area contributed by atoms with Crippen molar-refractivity contribution in [1.82, 2.24) is 24.8 Å². The molecular formula is C20H26N8O2. The molecule has 1 fully saturated rings. The lowest BCUT2D eigenvalue weighted by atomic mass is 10.0. The molecule has 10 nitrogen and oxygen atoms in total. The van der Waals surface area contributed by atoms with Gasteiger partial charge in [0.15, 0.2) is 5.82 Å². The second-order valence-electron chi connectivity index (χ2n) is 7.32. The summed E-state index contributed by atoms with van der Waals surface area (Å²) in [4.78, 5) is 17.9. The number of nitrogens with zero attached hydrogens (tertiary/aromatic N) is 4. The van der Waals surface area contributed by atoms with Gasteiger partial charge in [0.1, 0.15) is 17.6 Å². The summed E-state index contributed by atoms with van der Waals surface area (Å²) in [5.41, 5.74) is 14.5. The molecule has 1 aromatic carbocycles. The number of amides is 2. The van der Waals surface area contributed by atoms with Crippen molar-refractivity contribution >= 4 is 23.1 Å². The van der Waals surface area contributed by atoms with Crippen molar-refractivity contribution in [3.8, 4) is 5.75 Å². The summed E-state index contributed by atoms with van der Waals surface area (Å²) in [5, 5.41) is 10.4. The van der Waals surface area contributed by atoms with Crippen LogP contribution in [0.4, 0.5) is 16.3 Å². The van der Waals surface area contributed by atoms with Crippen LogP contribution in [0.5, 0.6) is 5.75 Å². The molecule has 2 atom stereocenters. The number of hydrogen-bond donors (Lipinski definition) is 4. The molecule has 1 unspecified atom stereocenters. The van der Waals surface area contributed by atoms with E-state index in [2.05, 4.69) is 25.6 Å². The fourth-order valence-corrected chi connectivity index (χ4v) is 3.91. The van der Waals surface area contributed by atoms with E-state index in [0.29, 0.717) is 12.4 Å². The number of urea groups is 1. The minimum absolute atomic E-state index is 0.171. The highest BCUT2D eigenvalue weighted by molar-refractivity contribution is 5.76. The number of fused-ring (bicyclic) bond motifs is 1. The highest BCUT2D eigenvalue weighted by atomic mass is 16.5. The number of primary amides is 1. The Labute approximate surface area is 174 Å². The van der Waals surface area contributed by atoms with Gasteiger partial charge in [0.25, 0.3) is 0 Å². The smallest absolute Gasteiger partial charge is 0.312 e. The first-order valence-corrected chi connectivity index (χ1v) is 9.83. The monoisotopic (exact) mass is 410 g/mol. The molecule has 6 N–H and O–H groups in total. The molecule has 0 radical (unpaired) electrons. The van der Waals surface area contributed by atoms with Gasteiger partial charge in [-0.25, -0.2) is 14.3 Å². The number of benzene rings is 1. The molecule has 158 valence electrons. The Hall–Kier alpha value is -3.37. The Balaban J connectivity index is 1.60. The number of piperidine rings is 1. The third-order valence-corrected chi connectivity index (χ3v) is 5.37. The average Bonchev–Trinajstić information content (AvgIpc) is 3.15. The topological polar surface area (TPSA) is 136 Å². The summed E-state index contributed by atoms with van der Waals surface area (Å²) < 4.78 is 7.09. The van der Waals surface area contributed by atoms with Crippen LogP contribution in [0.3, 0.4) is 0 Å². The van der Waals surface area contributed by atoms with Gasteiger partial charge in [0.2, 0.25) is 0 Å². The zero-order valence-corrected chi connectivity index (χ0v) is 16.8. The molecule has 3 aromatic rings. The van der Waals surface area contributed by atoms with Gasteiger partial charge in [-0.2, -0.15) is 5.10 Å². The lowest BCUT2D eigenvalue weighted by Crippen LogP contribution is -2.60. The van der Waals surface area contributed by atoms with Crippen molar-refractivity contribution in [2.45, 2.75) is 31.6 Å². The van der Waals surface area contributed by atoms with Crippen LogP contribution in [0.2, 0.25) is 0 Å². The van der Waals surface area contributed by atoms with Gasteiger partial charge in [-0.05, 0) is 36.6 Å². The van der Waals surface area contributed by atoms with Crippen LogP contribution in [-0.2, 0) is 6.54 Å². The van der Waals surface area contributed by atoms with Gasteiger partial charge in [-0.3, -0.25) is 4.90 Å². The number of carbonyl (C=O) groups excluding carboxylic acids is 1. The molecule has 0 saturated carbocycles. The first kappa shape index (κ1) is 19.9.